The molecule has 1 amide bonds. The molecular weight excluding hydrogens is 246 g/mol. The summed E-state index contributed by atoms with van der Waals surface area (Å²) < 4.78 is 0. The fourth-order valence-corrected chi connectivity index (χ4v) is 2.11. The fraction of sp³-hybridized carbons (Fsp3) is 0.846. The molecule has 1 aliphatic rings. The van der Waals surface area contributed by atoms with Crippen molar-refractivity contribution in [2.24, 2.45) is 5.92 Å². The highest BCUT2D eigenvalue weighted by atomic mass is 16.4. The van der Waals surface area contributed by atoms with E-state index in [0.29, 0.717) is 0 Å². The Bertz CT molecular complexity index is 314. The minimum absolute atomic E-state index is 0.0612. The van der Waals surface area contributed by atoms with Gasteiger partial charge in [0.1, 0.15) is 6.04 Å². The second-order valence-electron chi connectivity index (χ2n) is 5.35. The number of piperazine rings is 1. The lowest BCUT2D eigenvalue weighted by Gasteiger charge is -2.32. The Morgan fingerprint density at radius 1 is 1.26 bits per heavy atom. The van der Waals surface area contributed by atoms with Gasteiger partial charge in [-0.25, -0.2) is 4.79 Å². The van der Waals surface area contributed by atoms with Crippen LogP contribution in [0.5, 0.6) is 0 Å². The van der Waals surface area contributed by atoms with Crippen LogP contribution in [0.4, 0.5) is 0 Å². The molecule has 6 heteroatoms. The van der Waals surface area contributed by atoms with E-state index in [1.165, 1.54) is 0 Å². The molecule has 0 saturated carbocycles. The van der Waals surface area contributed by atoms with Crippen LogP contribution in [-0.4, -0.2) is 72.6 Å². The Morgan fingerprint density at radius 2 is 1.84 bits per heavy atom. The van der Waals surface area contributed by atoms with Crippen molar-refractivity contribution >= 4 is 11.9 Å². The lowest BCUT2D eigenvalue weighted by atomic mass is 9.99. The number of likely N-dealkylation sites (N-methyl/N-ethyl adjacent to an activating group) is 1. The van der Waals surface area contributed by atoms with E-state index in [9.17, 15) is 9.59 Å². The molecule has 2 N–H and O–H groups in total. The summed E-state index contributed by atoms with van der Waals surface area (Å²) in [6.45, 7) is 7.65. The van der Waals surface area contributed by atoms with Crippen molar-refractivity contribution in [3.63, 3.8) is 0 Å². The fourth-order valence-electron chi connectivity index (χ4n) is 2.11. The van der Waals surface area contributed by atoms with Crippen molar-refractivity contribution in [3.8, 4) is 0 Å². The first-order chi connectivity index (χ1) is 8.93. The number of nitrogens with one attached hydrogen (secondary N) is 1. The van der Waals surface area contributed by atoms with Gasteiger partial charge in [0.2, 0.25) is 5.91 Å². The van der Waals surface area contributed by atoms with Crippen LogP contribution in [0.15, 0.2) is 0 Å². The van der Waals surface area contributed by atoms with Crippen molar-refractivity contribution in [2.75, 3.05) is 39.8 Å². The van der Waals surface area contributed by atoms with Gasteiger partial charge in [-0.05, 0) is 13.0 Å². The lowest BCUT2D eigenvalue weighted by Crippen LogP contribution is -2.51. The van der Waals surface area contributed by atoms with E-state index in [1.54, 1.807) is 0 Å². The second-order valence-corrected chi connectivity index (χ2v) is 5.35. The maximum atomic E-state index is 11.9. The minimum Gasteiger partial charge on any atom is -0.480 e. The van der Waals surface area contributed by atoms with Gasteiger partial charge in [-0.3, -0.25) is 9.69 Å². The average Bonchev–Trinajstić information content (AvgIpc) is 2.37. The van der Waals surface area contributed by atoms with Gasteiger partial charge in [0, 0.05) is 26.2 Å². The van der Waals surface area contributed by atoms with Gasteiger partial charge in [-0.2, -0.15) is 0 Å². The largest absolute Gasteiger partial charge is 0.480 e. The molecule has 0 aliphatic carbocycles. The van der Waals surface area contributed by atoms with Crippen molar-refractivity contribution in [1.82, 2.24) is 15.1 Å². The van der Waals surface area contributed by atoms with E-state index >= 15 is 0 Å². The molecule has 2 atom stereocenters. The highest BCUT2D eigenvalue weighted by molar-refractivity contribution is 5.84. The molecule has 1 heterocycles. The standard InChI is InChI=1S/C13H25N3O3/c1-4-10(2)12(13(18)19)14-11(17)9-16-7-5-15(3)6-8-16/h10,12H,4-9H2,1-3H3,(H,14,17)(H,18,19). The Kier molecular flexibility index (Phi) is 6.24. The molecule has 0 bridgehead atoms. The zero-order valence-electron chi connectivity index (χ0n) is 12.1. The predicted molar refractivity (Wildman–Crippen MR) is 73.0 cm³/mol. The van der Waals surface area contributed by atoms with Crippen molar-refractivity contribution in [2.45, 2.75) is 26.3 Å². The van der Waals surface area contributed by atoms with Gasteiger partial charge in [0.05, 0.1) is 6.54 Å². The van der Waals surface area contributed by atoms with Crippen LogP contribution in [-0.2, 0) is 9.59 Å². The molecule has 2 unspecified atom stereocenters. The summed E-state index contributed by atoms with van der Waals surface area (Å²) in [4.78, 5) is 27.3. The number of aliphatic carboxylic acids is 1. The summed E-state index contributed by atoms with van der Waals surface area (Å²) in [7, 11) is 2.06. The molecule has 0 aromatic carbocycles. The van der Waals surface area contributed by atoms with Crippen molar-refractivity contribution < 1.29 is 14.7 Å². The van der Waals surface area contributed by atoms with Crippen LogP contribution in [0.3, 0.4) is 0 Å². The quantitative estimate of drug-likeness (QED) is 0.703. The van der Waals surface area contributed by atoms with E-state index in [4.69, 9.17) is 5.11 Å². The number of carbonyl (C=O) groups excluding carboxylic acids is 1. The molecule has 0 radical (unpaired) electrons. The number of carboxylic acid groups (broad SMARTS) is 1. The number of carbonyl (C=O) groups is 2. The first-order valence-electron chi connectivity index (χ1n) is 6.87. The van der Waals surface area contributed by atoms with Crippen molar-refractivity contribution in [3.05, 3.63) is 0 Å². The maximum Gasteiger partial charge on any atom is 0.326 e. The predicted octanol–water partition coefficient (Wildman–Crippen LogP) is -0.151. The summed E-state index contributed by atoms with van der Waals surface area (Å²) in [6, 6.07) is -0.787. The van der Waals surface area contributed by atoms with Gasteiger partial charge in [-0.15, -0.1) is 0 Å². The number of rotatable bonds is 6. The third kappa shape index (κ3) is 5.16. The zero-order valence-corrected chi connectivity index (χ0v) is 12.1. The van der Waals surface area contributed by atoms with Crippen LogP contribution >= 0.6 is 0 Å². The number of hydrogen-bond acceptors (Lipinski definition) is 4. The number of amides is 1. The molecule has 0 aromatic heterocycles. The first kappa shape index (κ1) is 15.9. The molecule has 110 valence electrons. The van der Waals surface area contributed by atoms with Crippen molar-refractivity contribution in [1.29, 1.82) is 0 Å². The topological polar surface area (TPSA) is 72.9 Å². The summed E-state index contributed by atoms with van der Waals surface area (Å²) in [5.41, 5.74) is 0. The second kappa shape index (κ2) is 7.45. The van der Waals surface area contributed by atoms with Gasteiger partial charge in [0.25, 0.3) is 0 Å². The summed E-state index contributed by atoms with van der Waals surface area (Å²) in [5.74, 6) is -1.22. The normalized spacial score (nSPS) is 20.8. The van der Waals surface area contributed by atoms with Crippen LogP contribution in [0.1, 0.15) is 20.3 Å². The summed E-state index contributed by atoms with van der Waals surface area (Å²) in [5, 5.41) is 11.8. The van der Waals surface area contributed by atoms with E-state index in [0.717, 1.165) is 32.6 Å². The van der Waals surface area contributed by atoms with Crippen LogP contribution < -0.4 is 5.32 Å². The number of carboxylic acids is 1. The van der Waals surface area contributed by atoms with E-state index in [1.807, 2.05) is 13.8 Å². The molecule has 6 nitrogen and oxygen atoms in total. The number of nitrogens with zero attached hydrogens (tertiary/aromatic N) is 2. The van der Waals surface area contributed by atoms with Crippen LogP contribution in [0.25, 0.3) is 0 Å². The number of hydrogen-bond donors (Lipinski definition) is 2. The molecule has 1 fully saturated rings. The van der Waals surface area contributed by atoms with Crippen LogP contribution in [0.2, 0.25) is 0 Å². The van der Waals surface area contributed by atoms with Gasteiger partial charge in [-0.1, -0.05) is 20.3 Å². The molecular formula is C13H25N3O3. The van der Waals surface area contributed by atoms with E-state index in [-0.39, 0.29) is 18.4 Å². The van der Waals surface area contributed by atoms with Gasteiger partial charge < -0.3 is 15.3 Å². The third-order valence-corrected chi connectivity index (χ3v) is 3.76. The van der Waals surface area contributed by atoms with Gasteiger partial charge in [0.15, 0.2) is 0 Å². The average molecular weight is 271 g/mol. The Balaban J connectivity index is 2.42. The Labute approximate surface area is 114 Å². The highest BCUT2D eigenvalue weighted by Gasteiger charge is 2.26. The first-order valence-corrected chi connectivity index (χ1v) is 6.87. The summed E-state index contributed by atoms with van der Waals surface area (Å²) >= 11 is 0. The van der Waals surface area contributed by atoms with E-state index in [2.05, 4.69) is 22.2 Å². The molecule has 1 aliphatic heterocycles. The highest BCUT2D eigenvalue weighted by Crippen LogP contribution is 2.08. The van der Waals surface area contributed by atoms with Gasteiger partial charge >= 0.3 is 5.97 Å². The molecule has 0 spiro atoms. The Hall–Kier alpha value is -1.14. The lowest BCUT2D eigenvalue weighted by molar-refractivity contribution is -0.143. The molecule has 1 rings (SSSR count). The van der Waals surface area contributed by atoms with Crippen LogP contribution in [0, 0.1) is 5.92 Å². The Morgan fingerprint density at radius 3 is 2.32 bits per heavy atom. The molecule has 1 saturated heterocycles. The molecule has 0 aromatic rings. The third-order valence-electron chi connectivity index (χ3n) is 3.76. The monoisotopic (exact) mass is 271 g/mol. The van der Waals surface area contributed by atoms with E-state index < -0.39 is 12.0 Å². The minimum atomic E-state index is -0.957. The smallest absolute Gasteiger partial charge is 0.326 e. The molecule has 19 heavy (non-hydrogen) atoms. The zero-order chi connectivity index (χ0) is 14.4. The SMILES string of the molecule is CCC(C)C(NC(=O)CN1CCN(C)CC1)C(=O)O. The summed E-state index contributed by atoms with van der Waals surface area (Å²) in [6.07, 6.45) is 0.728. The maximum absolute atomic E-state index is 11.9.